The van der Waals surface area contributed by atoms with Gasteiger partial charge in [0.05, 0.1) is 5.56 Å². The molecule has 0 aromatic heterocycles. The molecule has 0 fully saturated rings. The Hall–Kier alpha value is -1.98. The van der Waals surface area contributed by atoms with Crippen molar-refractivity contribution in [1.82, 2.24) is 0 Å². The van der Waals surface area contributed by atoms with E-state index in [0.717, 1.165) is 5.56 Å². The summed E-state index contributed by atoms with van der Waals surface area (Å²) in [5.74, 6) is 1.22. The topological polar surface area (TPSA) is 33.0 Å². The van der Waals surface area contributed by atoms with Gasteiger partial charge in [-0.15, -0.1) is 0 Å². The molecule has 0 heterocycles. The Morgan fingerprint density at radius 3 is 2.47 bits per heavy atom. The predicted molar refractivity (Wildman–Crippen MR) is 67.4 cm³/mol. The number of ether oxygens (including phenoxy) is 1. The molecule has 0 aliphatic heterocycles. The SMILES string of the molecule is Cc1ccc(Oc2ccc(Cl)cc2C#N)cc1. The molecule has 0 saturated carbocycles. The van der Waals surface area contributed by atoms with Crippen molar-refractivity contribution in [2.75, 3.05) is 0 Å². The van der Waals surface area contributed by atoms with Crippen LogP contribution in [0.25, 0.3) is 0 Å². The Labute approximate surface area is 105 Å². The molecule has 0 aliphatic rings. The highest BCUT2D eigenvalue weighted by atomic mass is 35.5. The predicted octanol–water partition coefficient (Wildman–Crippen LogP) is 4.31. The second-order valence-corrected chi connectivity index (χ2v) is 4.10. The highest BCUT2D eigenvalue weighted by Crippen LogP contribution is 2.27. The summed E-state index contributed by atoms with van der Waals surface area (Å²) in [7, 11) is 0. The molecule has 3 heteroatoms. The zero-order valence-corrected chi connectivity index (χ0v) is 10.0. The molecule has 17 heavy (non-hydrogen) atoms. The third-order valence-corrected chi connectivity index (χ3v) is 2.55. The lowest BCUT2D eigenvalue weighted by atomic mass is 10.2. The molecule has 2 aromatic rings. The average molecular weight is 244 g/mol. The minimum absolute atomic E-state index is 0.429. The Morgan fingerprint density at radius 1 is 1.12 bits per heavy atom. The first-order valence-corrected chi connectivity index (χ1v) is 5.51. The van der Waals surface area contributed by atoms with Gasteiger partial charge in [0.15, 0.2) is 0 Å². The first kappa shape index (κ1) is 11.5. The first-order chi connectivity index (χ1) is 8.19. The average Bonchev–Trinajstić information content (AvgIpc) is 2.34. The van der Waals surface area contributed by atoms with E-state index < -0.39 is 0 Å². The Bertz CT molecular complexity index is 570. The lowest BCUT2D eigenvalue weighted by Gasteiger charge is -2.07. The molecule has 0 amide bonds. The summed E-state index contributed by atoms with van der Waals surface area (Å²) >= 11 is 5.81. The maximum Gasteiger partial charge on any atom is 0.145 e. The Balaban J connectivity index is 2.30. The summed E-state index contributed by atoms with van der Waals surface area (Å²) in [5.41, 5.74) is 1.59. The minimum atomic E-state index is 0.429. The van der Waals surface area contributed by atoms with E-state index in [2.05, 4.69) is 6.07 Å². The number of rotatable bonds is 2. The fraction of sp³-hybridized carbons (Fsp3) is 0.0714. The van der Waals surface area contributed by atoms with Gasteiger partial charge in [-0.3, -0.25) is 0 Å². The molecule has 0 spiro atoms. The number of nitrogens with zero attached hydrogens (tertiary/aromatic N) is 1. The van der Waals surface area contributed by atoms with E-state index in [0.29, 0.717) is 22.1 Å². The normalized spacial score (nSPS) is 9.71. The van der Waals surface area contributed by atoms with Gasteiger partial charge < -0.3 is 4.74 Å². The van der Waals surface area contributed by atoms with Crippen LogP contribution in [0, 0.1) is 18.3 Å². The molecule has 2 rings (SSSR count). The van der Waals surface area contributed by atoms with Crippen LogP contribution in [0.3, 0.4) is 0 Å². The van der Waals surface area contributed by atoms with E-state index in [-0.39, 0.29) is 0 Å². The van der Waals surface area contributed by atoms with Crippen molar-refractivity contribution in [3.63, 3.8) is 0 Å². The molecule has 0 atom stereocenters. The van der Waals surface area contributed by atoms with Gasteiger partial charge in [-0.25, -0.2) is 0 Å². The first-order valence-electron chi connectivity index (χ1n) is 5.13. The summed E-state index contributed by atoms with van der Waals surface area (Å²) in [6.45, 7) is 2.01. The van der Waals surface area contributed by atoms with Gasteiger partial charge in [0.25, 0.3) is 0 Å². The number of benzene rings is 2. The Morgan fingerprint density at radius 2 is 1.82 bits per heavy atom. The van der Waals surface area contributed by atoms with E-state index in [1.54, 1.807) is 18.2 Å². The number of hydrogen-bond acceptors (Lipinski definition) is 2. The van der Waals surface area contributed by atoms with Crippen molar-refractivity contribution >= 4 is 11.6 Å². The molecule has 2 aromatic carbocycles. The van der Waals surface area contributed by atoms with E-state index in [4.69, 9.17) is 21.6 Å². The van der Waals surface area contributed by atoms with E-state index in [1.165, 1.54) is 0 Å². The largest absolute Gasteiger partial charge is 0.456 e. The van der Waals surface area contributed by atoms with Gasteiger partial charge in [0.2, 0.25) is 0 Å². The van der Waals surface area contributed by atoms with Crippen molar-refractivity contribution in [3.8, 4) is 17.6 Å². The second kappa shape index (κ2) is 4.90. The van der Waals surface area contributed by atoms with Crippen molar-refractivity contribution in [2.45, 2.75) is 6.92 Å². The van der Waals surface area contributed by atoms with Gasteiger partial charge in [-0.1, -0.05) is 29.3 Å². The van der Waals surface area contributed by atoms with E-state index in [9.17, 15) is 0 Å². The van der Waals surface area contributed by atoms with Crippen molar-refractivity contribution < 1.29 is 4.74 Å². The standard InChI is InChI=1S/C14H10ClNO/c1-10-2-5-13(6-3-10)17-14-7-4-12(15)8-11(14)9-16/h2-8H,1H3. The zero-order chi connectivity index (χ0) is 12.3. The number of hydrogen-bond donors (Lipinski definition) is 0. The monoisotopic (exact) mass is 243 g/mol. The number of nitriles is 1. The second-order valence-electron chi connectivity index (χ2n) is 3.67. The Kier molecular flexibility index (Phi) is 3.32. The van der Waals surface area contributed by atoms with Crippen LogP contribution < -0.4 is 4.74 Å². The lowest BCUT2D eigenvalue weighted by Crippen LogP contribution is -1.88. The van der Waals surface area contributed by atoms with Gasteiger partial charge in [-0.2, -0.15) is 5.26 Å². The number of aryl methyl sites for hydroxylation is 1. The fourth-order valence-corrected chi connectivity index (χ4v) is 1.58. The molecule has 0 aliphatic carbocycles. The third kappa shape index (κ3) is 2.77. The van der Waals surface area contributed by atoms with Gasteiger partial charge in [0, 0.05) is 5.02 Å². The van der Waals surface area contributed by atoms with Gasteiger partial charge in [-0.05, 0) is 37.3 Å². The maximum absolute atomic E-state index is 8.98. The fourth-order valence-electron chi connectivity index (χ4n) is 1.41. The summed E-state index contributed by atoms with van der Waals surface area (Å²) in [4.78, 5) is 0. The lowest BCUT2D eigenvalue weighted by molar-refractivity contribution is 0.481. The van der Waals surface area contributed by atoms with Gasteiger partial charge >= 0.3 is 0 Å². The number of halogens is 1. The maximum atomic E-state index is 8.98. The summed E-state index contributed by atoms with van der Waals surface area (Å²) in [6, 6.07) is 14.7. The molecule has 84 valence electrons. The molecule has 0 N–H and O–H groups in total. The highest BCUT2D eigenvalue weighted by molar-refractivity contribution is 6.30. The van der Waals surface area contributed by atoms with Crippen LogP contribution in [0.15, 0.2) is 42.5 Å². The van der Waals surface area contributed by atoms with Crippen LogP contribution in [0.4, 0.5) is 0 Å². The van der Waals surface area contributed by atoms with Gasteiger partial charge in [0.1, 0.15) is 17.6 Å². The van der Waals surface area contributed by atoms with Crippen molar-refractivity contribution in [1.29, 1.82) is 5.26 Å². The highest BCUT2D eigenvalue weighted by Gasteiger charge is 2.05. The quantitative estimate of drug-likeness (QED) is 0.787. The molecule has 0 saturated heterocycles. The molecular formula is C14H10ClNO. The van der Waals surface area contributed by atoms with Crippen LogP contribution in [0.1, 0.15) is 11.1 Å². The van der Waals surface area contributed by atoms with Crippen LogP contribution in [-0.4, -0.2) is 0 Å². The van der Waals surface area contributed by atoms with Crippen LogP contribution in [0.2, 0.25) is 5.02 Å². The minimum Gasteiger partial charge on any atom is -0.456 e. The van der Waals surface area contributed by atoms with E-state index in [1.807, 2.05) is 31.2 Å². The van der Waals surface area contributed by atoms with Crippen molar-refractivity contribution in [3.05, 3.63) is 58.6 Å². The van der Waals surface area contributed by atoms with Crippen LogP contribution in [-0.2, 0) is 0 Å². The zero-order valence-electron chi connectivity index (χ0n) is 9.27. The summed E-state index contributed by atoms with van der Waals surface area (Å²) < 4.78 is 5.63. The summed E-state index contributed by atoms with van der Waals surface area (Å²) in [5, 5.41) is 9.50. The van der Waals surface area contributed by atoms with Crippen molar-refractivity contribution in [2.24, 2.45) is 0 Å². The molecule has 0 radical (unpaired) electrons. The van der Waals surface area contributed by atoms with Crippen LogP contribution >= 0.6 is 11.6 Å². The van der Waals surface area contributed by atoms with E-state index >= 15 is 0 Å². The molecule has 0 unspecified atom stereocenters. The molecular weight excluding hydrogens is 234 g/mol. The van der Waals surface area contributed by atoms with Crippen LogP contribution in [0.5, 0.6) is 11.5 Å². The third-order valence-electron chi connectivity index (χ3n) is 2.31. The molecule has 2 nitrogen and oxygen atoms in total. The smallest absolute Gasteiger partial charge is 0.145 e. The molecule has 0 bridgehead atoms. The summed E-state index contributed by atoms with van der Waals surface area (Å²) in [6.07, 6.45) is 0.